The number of anilines is 2. The quantitative estimate of drug-likeness (QED) is 0.845. The van der Waals surface area contributed by atoms with Crippen LogP contribution in [-0.4, -0.2) is 12.5 Å². The number of rotatable bonds is 4. The van der Waals surface area contributed by atoms with Crippen LogP contribution in [0.25, 0.3) is 0 Å². The average Bonchev–Trinajstić information content (AvgIpc) is 2.42. The van der Waals surface area contributed by atoms with Crippen LogP contribution in [0.4, 0.5) is 20.2 Å². The first-order valence-corrected chi connectivity index (χ1v) is 5.78. The number of halogens is 2. The first-order valence-electron chi connectivity index (χ1n) is 5.78. The van der Waals surface area contributed by atoms with Crippen molar-refractivity contribution in [3.05, 3.63) is 54.1 Å². The zero-order valence-electron chi connectivity index (χ0n) is 10.4. The number of amides is 1. The molecular formula is C14H12F2N2O2. The number of hydrogen-bond acceptors (Lipinski definition) is 3. The van der Waals surface area contributed by atoms with Crippen LogP contribution in [0.2, 0.25) is 0 Å². The number of benzene rings is 2. The van der Waals surface area contributed by atoms with Gasteiger partial charge in [-0.05, 0) is 36.4 Å². The molecule has 0 aromatic heterocycles. The highest BCUT2D eigenvalue weighted by molar-refractivity contribution is 5.91. The van der Waals surface area contributed by atoms with Gasteiger partial charge in [0.2, 0.25) is 0 Å². The van der Waals surface area contributed by atoms with E-state index in [2.05, 4.69) is 5.32 Å². The summed E-state index contributed by atoms with van der Waals surface area (Å²) in [6, 6.07) is 8.93. The third-order valence-corrected chi connectivity index (χ3v) is 2.46. The fourth-order valence-electron chi connectivity index (χ4n) is 1.51. The van der Waals surface area contributed by atoms with E-state index >= 15 is 0 Å². The average molecular weight is 278 g/mol. The van der Waals surface area contributed by atoms with Crippen molar-refractivity contribution >= 4 is 17.3 Å². The number of nitrogen functional groups attached to an aromatic ring is 1. The van der Waals surface area contributed by atoms with Crippen molar-refractivity contribution in [2.75, 3.05) is 17.7 Å². The molecule has 6 heteroatoms. The first kappa shape index (κ1) is 13.8. The van der Waals surface area contributed by atoms with Crippen molar-refractivity contribution in [1.29, 1.82) is 0 Å². The molecule has 2 aromatic rings. The molecule has 0 aliphatic carbocycles. The predicted octanol–water partition coefficient (Wildman–Crippen LogP) is 2.56. The molecule has 2 aromatic carbocycles. The summed E-state index contributed by atoms with van der Waals surface area (Å²) < 4.78 is 30.8. The molecule has 3 N–H and O–H groups in total. The maximum Gasteiger partial charge on any atom is 0.262 e. The summed E-state index contributed by atoms with van der Waals surface area (Å²) >= 11 is 0. The van der Waals surface area contributed by atoms with E-state index in [1.54, 1.807) is 0 Å². The van der Waals surface area contributed by atoms with E-state index in [0.29, 0.717) is 5.69 Å². The van der Waals surface area contributed by atoms with E-state index in [9.17, 15) is 13.6 Å². The van der Waals surface area contributed by atoms with E-state index in [0.717, 1.165) is 6.07 Å². The molecule has 104 valence electrons. The Kier molecular flexibility index (Phi) is 4.14. The molecule has 0 fully saturated rings. The molecule has 0 unspecified atom stereocenters. The van der Waals surface area contributed by atoms with Crippen LogP contribution < -0.4 is 15.8 Å². The third kappa shape index (κ3) is 3.68. The van der Waals surface area contributed by atoms with Crippen molar-refractivity contribution in [2.45, 2.75) is 0 Å². The summed E-state index contributed by atoms with van der Waals surface area (Å²) in [6.07, 6.45) is 0. The maximum absolute atomic E-state index is 13.0. The number of ether oxygens (including phenoxy) is 1. The van der Waals surface area contributed by atoms with Gasteiger partial charge in [0.05, 0.1) is 5.69 Å². The SMILES string of the molecule is Nc1ccc(F)cc1OCC(=O)Nc1ccc(F)cc1. The van der Waals surface area contributed by atoms with Gasteiger partial charge < -0.3 is 15.8 Å². The molecular weight excluding hydrogens is 266 g/mol. The molecule has 2 rings (SSSR count). The van der Waals surface area contributed by atoms with Gasteiger partial charge in [-0.1, -0.05) is 0 Å². The van der Waals surface area contributed by atoms with Gasteiger partial charge in [0.25, 0.3) is 5.91 Å². The Labute approximate surface area is 114 Å². The molecule has 0 spiro atoms. The van der Waals surface area contributed by atoms with Crippen molar-refractivity contribution in [3.63, 3.8) is 0 Å². The lowest BCUT2D eigenvalue weighted by Gasteiger charge is -2.09. The molecule has 0 atom stereocenters. The lowest BCUT2D eigenvalue weighted by atomic mass is 10.3. The van der Waals surface area contributed by atoms with E-state index < -0.39 is 17.5 Å². The highest BCUT2D eigenvalue weighted by Gasteiger charge is 2.07. The van der Waals surface area contributed by atoms with Crippen molar-refractivity contribution in [3.8, 4) is 5.75 Å². The van der Waals surface area contributed by atoms with Crippen LogP contribution >= 0.6 is 0 Å². The molecule has 0 saturated heterocycles. The predicted molar refractivity (Wildman–Crippen MR) is 71.3 cm³/mol. The first-order chi connectivity index (χ1) is 9.54. The van der Waals surface area contributed by atoms with Crippen LogP contribution in [0.1, 0.15) is 0 Å². The second kappa shape index (κ2) is 6.01. The molecule has 0 saturated carbocycles. The maximum atomic E-state index is 13.0. The van der Waals surface area contributed by atoms with Crippen LogP contribution in [0.3, 0.4) is 0 Å². The molecule has 4 nitrogen and oxygen atoms in total. The van der Waals surface area contributed by atoms with Gasteiger partial charge in [0.15, 0.2) is 6.61 Å². The van der Waals surface area contributed by atoms with Crippen LogP contribution in [0, 0.1) is 11.6 Å². The number of carbonyl (C=O) groups excluding carboxylic acids is 1. The molecule has 0 aliphatic heterocycles. The fourth-order valence-corrected chi connectivity index (χ4v) is 1.51. The van der Waals surface area contributed by atoms with E-state index in [1.807, 2.05) is 0 Å². The van der Waals surface area contributed by atoms with Crippen molar-refractivity contribution in [2.24, 2.45) is 0 Å². The van der Waals surface area contributed by atoms with Gasteiger partial charge in [-0.25, -0.2) is 8.78 Å². The van der Waals surface area contributed by atoms with Crippen LogP contribution in [0.5, 0.6) is 5.75 Å². The molecule has 20 heavy (non-hydrogen) atoms. The minimum absolute atomic E-state index is 0.0965. The zero-order chi connectivity index (χ0) is 14.5. The van der Waals surface area contributed by atoms with Gasteiger partial charge >= 0.3 is 0 Å². The summed E-state index contributed by atoms with van der Waals surface area (Å²) in [5, 5.41) is 2.51. The third-order valence-electron chi connectivity index (χ3n) is 2.46. The second-order valence-electron chi connectivity index (χ2n) is 4.03. The van der Waals surface area contributed by atoms with E-state index in [4.69, 9.17) is 10.5 Å². The van der Waals surface area contributed by atoms with E-state index in [1.165, 1.54) is 36.4 Å². The monoisotopic (exact) mass is 278 g/mol. The molecule has 0 radical (unpaired) electrons. The Hall–Kier alpha value is -2.63. The Morgan fingerprint density at radius 2 is 1.75 bits per heavy atom. The Bertz CT molecular complexity index is 615. The fraction of sp³-hybridized carbons (Fsp3) is 0.0714. The molecule has 0 heterocycles. The Morgan fingerprint density at radius 1 is 1.10 bits per heavy atom. The van der Waals surface area contributed by atoms with Gasteiger partial charge in [-0.2, -0.15) is 0 Å². The standard InChI is InChI=1S/C14H12F2N2O2/c15-9-1-4-11(5-2-9)18-14(19)8-20-13-7-10(16)3-6-12(13)17/h1-7H,8,17H2,(H,18,19). The number of nitrogens with two attached hydrogens (primary N) is 1. The normalized spacial score (nSPS) is 10.1. The topological polar surface area (TPSA) is 64.3 Å². The summed E-state index contributed by atoms with van der Waals surface area (Å²) in [4.78, 5) is 11.6. The highest BCUT2D eigenvalue weighted by atomic mass is 19.1. The lowest BCUT2D eigenvalue weighted by Crippen LogP contribution is -2.20. The highest BCUT2D eigenvalue weighted by Crippen LogP contribution is 2.21. The van der Waals surface area contributed by atoms with Gasteiger partial charge in [0.1, 0.15) is 17.4 Å². The van der Waals surface area contributed by atoms with Gasteiger partial charge in [-0.3, -0.25) is 4.79 Å². The minimum atomic E-state index is -0.506. The number of nitrogens with one attached hydrogen (secondary N) is 1. The number of hydrogen-bond donors (Lipinski definition) is 2. The van der Waals surface area contributed by atoms with Crippen molar-refractivity contribution < 1.29 is 18.3 Å². The van der Waals surface area contributed by atoms with Crippen LogP contribution in [0.15, 0.2) is 42.5 Å². The summed E-state index contributed by atoms with van der Waals surface area (Å²) in [6.45, 7) is -0.328. The van der Waals surface area contributed by atoms with Crippen molar-refractivity contribution in [1.82, 2.24) is 0 Å². The smallest absolute Gasteiger partial charge is 0.262 e. The van der Waals surface area contributed by atoms with E-state index in [-0.39, 0.29) is 18.0 Å². The Balaban J connectivity index is 1.92. The molecule has 0 aliphatic rings. The minimum Gasteiger partial charge on any atom is -0.481 e. The summed E-state index contributed by atoms with van der Waals surface area (Å²) in [5.74, 6) is -1.26. The van der Waals surface area contributed by atoms with Gasteiger partial charge in [0, 0.05) is 11.8 Å². The largest absolute Gasteiger partial charge is 0.481 e. The van der Waals surface area contributed by atoms with Gasteiger partial charge in [-0.15, -0.1) is 0 Å². The lowest BCUT2D eigenvalue weighted by molar-refractivity contribution is -0.118. The number of carbonyl (C=O) groups is 1. The van der Waals surface area contributed by atoms with Crippen LogP contribution in [-0.2, 0) is 4.79 Å². The molecule has 0 bridgehead atoms. The zero-order valence-corrected chi connectivity index (χ0v) is 10.4. The summed E-state index contributed by atoms with van der Waals surface area (Å²) in [7, 11) is 0. The Morgan fingerprint density at radius 3 is 2.45 bits per heavy atom. The summed E-state index contributed by atoms with van der Waals surface area (Å²) in [5.41, 5.74) is 6.25. The molecule has 1 amide bonds. The second-order valence-corrected chi connectivity index (χ2v) is 4.03.